The van der Waals surface area contributed by atoms with Crippen molar-refractivity contribution in [1.82, 2.24) is 14.3 Å². The van der Waals surface area contributed by atoms with Gasteiger partial charge in [0.05, 0.1) is 5.56 Å². The lowest BCUT2D eigenvalue weighted by Crippen LogP contribution is -2.42. The van der Waals surface area contributed by atoms with E-state index in [2.05, 4.69) is 33.5 Å². The minimum atomic E-state index is 0.482. The van der Waals surface area contributed by atoms with Crippen molar-refractivity contribution in [3.8, 4) is 10.6 Å². The van der Waals surface area contributed by atoms with Crippen molar-refractivity contribution < 1.29 is 0 Å². The van der Waals surface area contributed by atoms with Crippen molar-refractivity contribution in [2.45, 2.75) is 38.8 Å². The Balaban J connectivity index is 1.80. The van der Waals surface area contributed by atoms with Gasteiger partial charge in [-0.15, -0.1) is 11.3 Å². The minimum absolute atomic E-state index is 0.482. The molecule has 1 saturated heterocycles. The minimum Gasteiger partial charge on any atom is -0.382 e. The molecule has 21 heavy (non-hydrogen) atoms. The van der Waals surface area contributed by atoms with Gasteiger partial charge in [-0.05, 0) is 45.3 Å². The maximum absolute atomic E-state index is 6.05. The number of hydrogen-bond acceptors (Lipinski definition) is 7. The van der Waals surface area contributed by atoms with E-state index in [1.807, 2.05) is 12.3 Å². The van der Waals surface area contributed by atoms with Crippen LogP contribution in [0.3, 0.4) is 0 Å². The second-order valence-corrected chi connectivity index (χ2v) is 7.39. The number of nitrogens with two attached hydrogens (primary N) is 1. The molecular weight excluding hydrogens is 302 g/mol. The van der Waals surface area contributed by atoms with Gasteiger partial charge in [-0.3, -0.25) is 0 Å². The SMILES string of the molecule is Cc1csc(-c2c(N)nsc2NC2CCN(C)C(C)C2)n1. The Kier molecular flexibility index (Phi) is 4.14. The van der Waals surface area contributed by atoms with Crippen molar-refractivity contribution in [3.05, 3.63) is 11.1 Å². The van der Waals surface area contributed by atoms with Crippen LogP contribution in [0.2, 0.25) is 0 Å². The Labute approximate surface area is 133 Å². The predicted molar refractivity (Wildman–Crippen MR) is 91.1 cm³/mol. The number of nitrogens with one attached hydrogen (secondary N) is 1. The lowest BCUT2D eigenvalue weighted by molar-refractivity contribution is 0.190. The third-order valence-electron chi connectivity index (χ3n) is 4.09. The van der Waals surface area contributed by atoms with E-state index >= 15 is 0 Å². The second kappa shape index (κ2) is 5.90. The van der Waals surface area contributed by atoms with E-state index in [1.165, 1.54) is 11.5 Å². The molecule has 7 heteroatoms. The molecule has 0 spiro atoms. The van der Waals surface area contributed by atoms with Crippen molar-refractivity contribution >= 4 is 33.7 Å². The first kappa shape index (κ1) is 14.7. The molecule has 1 aliphatic rings. The fourth-order valence-corrected chi connectivity index (χ4v) is 4.40. The summed E-state index contributed by atoms with van der Waals surface area (Å²) in [5.41, 5.74) is 8.06. The summed E-state index contributed by atoms with van der Waals surface area (Å²) in [5, 5.41) is 7.71. The summed E-state index contributed by atoms with van der Waals surface area (Å²) in [6.45, 7) is 5.40. The average molecular weight is 323 g/mol. The van der Waals surface area contributed by atoms with Gasteiger partial charge in [-0.25, -0.2) is 4.98 Å². The molecule has 0 aromatic carbocycles. The topological polar surface area (TPSA) is 67.1 Å². The monoisotopic (exact) mass is 323 g/mol. The molecule has 0 bridgehead atoms. The highest BCUT2D eigenvalue weighted by Crippen LogP contribution is 2.39. The fraction of sp³-hybridized carbons (Fsp3) is 0.571. The van der Waals surface area contributed by atoms with Crippen LogP contribution in [0.1, 0.15) is 25.5 Å². The Morgan fingerprint density at radius 2 is 2.29 bits per heavy atom. The molecule has 1 fully saturated rings. The van der Waals surface area contributed by atoms with Crippen LogP contribution in [-0.4, -0.2) is 39.9 Å². The van der Waals surface area contributed by atoms with Gasteiger partial charge in [0.15, 0.2) is 0 Å². The molecule has 2 aromatic heterocycles. The Morgan fingerprint density at radius 3 is 2.95 bits per heavy atom. The number of piperidine rings is 1. The van der Waals surface area contributed by atoms with Crippen LogP contribution < -0.4 is 11.1 Å². The van der Waals surface area contributed by atoms with Crippen molar-refractivity contribution in [2.75, 3.05) is 24.6 Å². The lowest BCUT2D eigenvalue weighted by Gasteiger charge is -2.35. The maximum Gasteiger partial charge on any atom is 0.149 e. The zero-order chi connectivity index (χ0) is 15.0. The van der Waals surface area contributed by atoms with Crippen LogP contribution in [0.25, 0.3) is 10.6 Å². The smallest absolute Gasteiger partial charge is 0.149 e. The quantitative estimate of drug-likeness (QED) is 0.909. The van der Waals surface area contributed by atoms with E-state index < -0.39 is 0 Å². The molecule has 2 atom stereocenters. The largest absolute Gasteiger partial charge is 0.382 e. The molecule has 114 valence electrons. The molecule has 3 heterocycles. The van der Waals surface area contributed by atoms with E-state index in [4.69, 9.17) is 5.73 Å². The molecule has 5 nitrogen and oxygen atoms in total. The van der Waals surface area contributed by atoms with E-state index in [0.717, 1.165) is 40.7 Å². The lowest BCUT2D eigenvalue weighted by atomic mass is 9.99. The number of nitrogens with zero attached hydrogens (tertiary/aromatic N) is 3. The zero-order valence-corrected chi connectivity index (χ0v) is 14.2. The first-order chi connectivity index (χ1) is 10.0. The number of nitrogen functional groups attached to an aromatic ring is 1. The summed E-state index contributed by atoms with van der Waals surface area (Å²) in [4.78, 5) is 6.96. The highest BCUT2D eigenvalue weighted by atomic mass is 32.1. The number of likely N-dealkylation sites (tertiary alicyclic amines) is 1. The number of aryl methyl sites for hydroxylation is 1. The van der Waals surface area contributed by atoms with Crippen molar-refractivity contribution in [3.63, 3.8) is 0 Å². The maximum atomic E-state index is 6.05. The van der Waals surface area contributed by atoms with E-state index in [0.29, 0.717) is 17.9 Å². The normalized spacial score (nSPS) is 23.4. The van der Waals surface area contributed by atoms with Gasteiger partial charge in [-0.2, -0.15) is 4.37 Å². The summed E-state index contributed by atoms with van der Waals surface area (Å²) >= 11 is 3.07. The summed E-state index contributed by atoms with van der Waals surface area (Å²) in [7, 11) is 2.19. The molecule has 3 N–H and O–H groups in total. The first-order valence-corrected chi connectivity index (χ1v) is 8.84. The van der Waals surface area contributed by atoms with Crippen LogP contribution in [0, 0.1) is 6.92 Å². The molecule has 1 aliphatic heterocycles. The van der Waals surface area contributed by atoms with Crippen molar-refractivity contribution in [2.24, 2.45) is 0 Å². The average Bonchev–Trinajstić information content (AvgIpc) is 3.00. The second-order valence-electron chi connectivity index (χ2n) is 5.76. The number of aromatic nitrogens is 2. The molecule has 0 aliphatic carbocycles. The Morgan fingerprint density at radius 1 is 1.48 bits per heavy atom. The highest BCUT2D eigenvalue weighted by Gasteiger charge is 2.25. The van der Waals surface area contributed by atoms with Gasteiger partial charge in [0.1, 0.15) is 15.8 Å². The predicted octanol–water partition coefficient (Wildman–Crippen LogP) is 3.05. The summed E-state index contributed by atoms with van der Waals surface area (Å²) in [5.74, 6) is 0.581. The van der Waals surface area contributed by atoms with Gasteiger partial charge in [0.2, 0.25) is 0 Å². The molecule has 2 aromatic rings. The Hall–Kier alpha value is -1.18. The van der Waals surface area contributed by atoms with E-state index in [-0.39, 0.29) is 0 Å². The zero-order valence-electron chi connectivity index (χ0n) is 12.6. The number of anilines is 2. The van der Waals surface area contributed by atoms with Crippen LogP contribution in [0.15, 0.2) is 5.38 Å². The standard InChI is InChI=1S/C14H21N5S2/c1-8-7-20-13(16-8)11-12(15)18-21-14(11)17-10-4-5-19(3)9(2)6-10/h7,9-10,17H,4-6H2,1-3H3,(H2,15,18). The molecule has 0 radical (unpaired) electrons. The van der Waals surface area contributed by atoms with Crippen LogP contribution in [0.5, 0.6) is 0 Å². The first-order valence-electron chi connectivity index (χ1n) is 7.19. The molecule has 3 rings (SSSR count). The molecule has 0 saturated carbocycles. The van der Waals surface area contributed by atoms with Gasteiger partial charge in [0, 0.05) is 29.7 Å². The number of hydrogen-bond donors (Lipinski definition) is 2. The van der Waals surface area contributed by atoms with E-state index in [9.17, 15) is 0 Å². The van der Waals surface area contributed by atoms with Crippen LogP contribution >= 0.6 is 22.9 Å². The molecular formula is C14H21N5S2. The summed E-state index contributed by atoms with van der Waals surface area (Å²) < 4.78 is 4.31. The number of thiazole rings is 1. The summed E-state index contributed by atoms with van der Waals surface area (Å²) in [6.07, 6.45) is 2.29. The molecule has 0 amide bonds. The van der Waals surface area contributed by atoms with Gasteiger partial charge < -0.3 is 16.0 Å². The van der Waals surface area contributed by atoms with Gasteiger partial charge in [0.25, 0.3) is 0 Å². The van der Waals surface area contributed by atoms with Gasteiger partial charge in [-0.1, -0.05) is 0 Å². The van der Waals surface area contributed by atoms with Crippen LogP contribution in [-0.2, 0) is 0 Å². The van der Waals surface area contributed by atoms with Gasteiger partial charge >= 0.3 is 0 Å². The third kappa shape index (κ3) is 3.04. The van der Waals surface area contributed by atoms with E-state index in [1.54, 1.807) is 11.3 Å². The highest BCUT2D eigenvalue weighted by molar-refractivity contribution is 7.15. The number of rotatable bonds is 3. The summed E-state index contributed by atoms with van der Waals surface area (Å²) in [6, 6.07) is 1.09. The third-order valence-corrected chi connectivity index (χ3v) is 5.87. The Bertz CT molecular complexity index is 621. The fourth-order valence-electron chi connectivity index (χ4n) is 2.68. The molecule has 2 unspecified atom stereocenters. The van der Waals surface area contributed by atoms with Crippen molar-refractivity contribution in [1.29, 1.82) is 0 Å². The van der Waals surface area contributed by atoms with Crippen LogP contribution in [0.4, 0.5) is 10.8 Å².